The highest BCUT2D eigenvalue weighted by atomic mass is 35.5. The summed E-state index contributed by atoms with van der Waals surface area (Å²) in [5.41, 5.74) is 2.14. The Kier molecular flexibility index (Phi) is 4.45. The van der Waals surface area contributed by atoms with Crippen LogP contribution in [0.4, 0.5) is 4.39 Å². The van der Waals surface area contributed by atoms with Crippen molar-refractivity contribution >= 4 is 28.7 Å². The standard InChI is InChI=1S/C15H12ClFS/c16-13-3-1-2-12(8-13)10-15(18)9-11-4-6-14(17)7-5-11/h1-8H,9-10H2. The topological polar surface area (TPSA) is 0 Å². The third kappa shape index (κ3) is 3.90. The van der Waals surface area contributed by atoms with Crippen LogP contribution in [0.5, 0.6) is 0 Å². The summed E-state index contributed by atoms with van der Waals surface area (Å²) in [7, 11) is 0. The monoisotopic (exact) mass is 278 g/mol. The Balaban J connectivity index is 1.98. The first-order valence-electron chi connectivity index (χ1n) is 5.64. The largest absolute Gasteiger partial charge is 0.207 e. The summed E-state index contributed by atoms with van der Waals surface area (Å²) in [4.78, 5) is 0.920. The molecule has 0 spiro atoms. The number of halogens is 2. The maximum absolute atomic E-state index is 12.8. The molecule has 0 aliphatic carbocycles. The minimum Gasteiger partial charge on any atom is -0.207 e. The molecule has 2 rings (SSSR count). The molecule has 92 valence electrons. The van der Waals surface area contributed by atoms with Crippen LogP contribution in [0.2, 0.25) is 5.02 Å². The van der Waals surface area contributed by atoms with Gasteiger partial charge in [-0.2, -0.15) is 0 Å². The van der Waals surface area contributed by atoms with Crippen molar-refractivity contribution in [2.45, 2.75) is 12.8 Å². The lowest BCUT2D eigenvalue weighted by Gasteiger charge is -2.05. The van der Waals surface area contributed by atoms with Gasteiger partial charge in [-0.25, -0.2) is 4.39 Å². The van der Waals surface area contributed by atoms with E-state index in [9.17, 15) is 4.39 Å². The van der Waals surface area contributed by atoms with Crippen molar-refractivity contribution in [3.63, 3.8) is 0 Å². The van der Waals surface area contributed by atoms with E-state index in [2.05, 4.69) is 0 Å². The summed E-state index contributed by atoms with van der Waals surface area (Å²) in [5, 5.41) is 0.720. The fourth-order valence-electron chi connectivity index (χ4n) is 1.77. The third-order valence-electron chi connectivity index (χ3n) is 2.60. The van der Waals surface area contributed by atoms with Crippen molar-refractivity contribution in [2.75, 3.05) is 0 Å². The van der Waals surface area contributed by atoms with Gasteiger partial charge < -0.3 is 0 Å². The van der Waals surface area contributed by atoms with Gasteiger partial charge in [-0.15, -0.1) is 0 Å². The first kappa shape index (κ1) is 13.2. The van der Waals surface area contributed by atoms with Crippen LogP contribution in [0.15, 0.2) is 48.5 Å². The smallest absolute Gasteiger partial charge is 0.123 e. The zero-order chi connectivity index (χ0) is 13.0. The lowest BCUT2D eigenvalue weighted by Crippen LogP contribution is -2.04. The van der Waals surface area contributed by atoms with Gasteiger partial charge in [0, 0.05) is 22.7 Å². The molecule has 0 amide bonds. The number of hydrogen-bond donors (Lipinski definition) is 0. The summed E-state index contributed by atoms with van der Waals surface area (Å²) in [6, 6.07) is 14.1. The molecule has 0 heterocycles. The molecule has 18 heavy (non-hydrogen) atoms. The molecule has 0 atom stereocenters. The van der Waals surface area contributed by atoms with Gasteiger partial charge in [0.1, 0.15) is 5.82 Å². The minimum absolute atomic E-state index is 0.223. The van der Waals surface area contributed by atoms with Crippen LogP contribution in [0.25, 0.3) is 0 Å². The SMILES string of the molecule is Fc1ccc(CC(=S)Cc2cccc(Cl)c2)cc1. The molecule has 2 aromatic carbocycles. The van der Waals surface area contributed by atoms with Crippen molar-refractivity contribution in [1.82, 2.24) is 0 Å². The predicted octanol–water partition coefficient (Wildman–Crippen LogP) is 4.63. The van der Waals surface area contributed by atoms with E-state index in [0.717, 1.165) is 21.0 Å². The molecule has 0 aliphatic heterocycles. The zero-order valence-electron chi connectivity index (χ0n) is 9.70. The van der Waals surface area contributed by atoms with E-state index in [1.54, 1.807) is 12.1 Å². The molecular weight excluding hydrogens is 267 g/mol. The van der Waals surface area contributed by atoms with E-state index >= 15 is 0 Å². The van der Waals surface area contributed by atoms with Crippen molar-refractivity contribution in [3.05, 3.63) is 70.5 Å². The highest BCUT2D eigenvalue weighted by Gasteiger charge is 2.02. The number of thiocarbonyl (C=S) groups is 1. The quantitative estimate of drug-likeness (QED) is 0.735. The Morgan fingerprint density at radius 1 is 1.00 bits per heavy atom. The first-order valence-corrected chi connectivity index (χ1v) is 6.43. The number of rotatable bonds is 4. The van der Waals surface area contributed by atoms with E-state index in [4.69, 9.17) is 23.8 Å². The Labute approximate surface area is 116 Å². The molecule has 0 nitrogen and oxygen atoms in total. The molecule has 0 bridgehead atoms. The highest BCUT2D eigenvalue weighted by molar-refractivity contribution is 7.80. The van der Waals surface area contributed by atoms with Gasteiger partial charge in [0.15, 0.2) is 0 Å². The fourth-order valence-corrected chi connectivity index (χ4v) is 2.31. The van der Waals surface area contributed by atoms with Crippen LogP contribution in [-0.4, -0.2) is 4.86 Å². The third-order valence-corrected chi connectivity index (χ3v) is 3.13. The average Bonchev–Trinajstić information content (AvgIpc) is 2.32. The van der Waals surface area contributed by atoms with Crippen LogP contribution >= 0.6 is 23.8 Å². The first-order chi connectivity index (χ1) is 8.63. The van der Waals surface area contributed by atoms with E-state index in [1.165, 1.54) is 12.1 Å². The van der Waals surface area contributed by atoms with Crippen LogP contribution in [0.3, 0.4) is 0 Å². The second kappa shape index (κ2) is 6.07. The van der Waals surface area contributed by atoms with Gasteiger partial charge in [0.25, 0.3) is 0 Å². The molecule has 0 saturated carbocycles. The molecule has 0 radical (unpaired) electrons. The van der Waals surface area contributed by atoms with Crippen LogP contribution in [0, 0.1) is 5.82 Å². The van der Waals surface area contributed by atoms with E-state index < -0.39 is 0 Å². The maximum atomic E-state index is 12.8. The summed E-state index contributed by atoms with van der Waals surface area (Å²) >= 11 is 11.3. The molecule has 0 aromatic heterocycles. The lowest BCUT2D eigenvalue weighted by atomic mass is 10.0. The van der Waals surface area contributed by atoms with Crippen molar-refractivity contribution in [3.8, 4) is 0 Å². The molecule has 0 aliphatic rings. The highest BCUT2D eigenvalue weighted by Crippen LogP contribution is 2.13. The maximum Gasteiger partial charge on any atom is 0.123 e. The molecule has 0 N–H and O–H groups in total. The average molecular weight is 279 g/mol. The zero-order valence-corrected chi connectivity index (χ0v) is 11.3. The number of hydrogen-bond acceptors (Lipinski definition) is 1. The second-order valence-electron chi connectivity index (χ2n) is 4.15. The summed E-state index contributed by atoms with van der Waals surface area (Å²) in [6.45, 7) is 0. The predicted molar refractivity (Wildman–Crippen MR) is 77.9 cm³/mol. The van der Waals surface area contributed by atoms with Crippen LogP contribution < -0.4 is 0 Å². The normalized spacial score (nSPS) is 10.3. The van der Waals surface area contributed by atoms with Gasteiger partial charge in [-0.05, 0) is 35.4 Å². The minimum atomic E-state index is -0.223. The molecule has 0 unspecified atom stereocenters. The van der Waals surface area contributed by atoms with Crippen LogP contribution in [-0.2, 0) is 12.8 Å². The molecule has 2 aromatic rings. The fraction of sp³-hybridized carbons (Fsp3) is 0.133. The summed E-state index contributed by atoms with van der Waals surface area (Å²) in [6.07, 6.45) is 1.40. The molecular formula is C15H12ClFS. The Bertz CT molecular complexity index is 549. The van der Waals surface area contributed by atoms with Crippen molar-refractivity contribution in [2.24, 2.45) is 0 Å². The molecule has 3 heteroatoms. The van der Waals surface area contributed by atoms with Crippen LogP contribution in [0.1, 0.15) is 11.1 Å². The molecule has 0 fully saturated rings. The number of benzene rings is 2. The van der Waals surface area contributed by atoms with Gasteiger partial charge in [-0.3, -0.25) is 0 Å². The van der Waals surface area contributed by atoms with Gasteiger partial charge in [-0.1, -0.05) is 48.1 Å². The summed E-state index contributed by atoms with van der Waals surface area (Å²) in [5.74, 6) is -0.223. The van der Waals surface area contributed by atoms with E-state index in [0.29, 0.717) is 12.8 Å². The van der Waals surface area contributed by atoms with Gasteiger partial charge in [0.05, 0.1) is 0 Å². The van der Waals surface area contributed by atoms with E-state index in [-0.39, 0.29) is 5.82 Å². The Morgan fingerprint density at radius 3 is 2.33 bits per heavy atom. The lowest BCUT2D eigenvalue weighted by molar-refractivity contribution is 0.627. The van der Waals surface area contributed by atoms with E-state index in [1.807, 2.05) is 24.3 Å². The Morgan fingerprint density at radius 2 is 1.67 bits per heavy atom. The van der Waals surface area contributed by atoms with Crippen molar-refractivity contribution < 1.29 is 4.39 Å². The van der Waals surface area contributed by atoms with Gasteiger partial charge >= 0.3 is 0 Å². The Hall–Kier alpha value is -1.25. The van der Waals surface area contributed by atoms with Gasteiger partial charge in [0.2, 0.25) is 0 Å². The van der Waals surface area contributed by atoms with Crippen molar-refractivity contribution in [1.29, 1.82) is 0 Å². The molecule has 0 saturated heterocycles. The summed E-state index contributed by atoms with van der Waals surface area (Å²) < 4.78 is 12.8. The second-order valence-corrected chi connectivity index (χ2v) is 5.16.